The van der Waals surface area contributed by atoms with Crippen molar-refractivity contribution in [2.24, 2.45) is 0 Å². The van der Waals surface area contributed by atoms with Crippen LogP contribution in [-0.2, 0) is 0 Å². The molecule has 0 spiro atoms. The Morgan fingerprint density at radius 3 is 2.56 bits per heavy atom. The van der Waals surface area contributed by atoms with E-state index in [1.807, 2.05) is 0 Å². The SMILES string of the molecule is O=[N+]([O-])c1cc2c(cc1NC1CCCC1)OCO2. The molecule has 1 N–H and O–H groups in total. The molecule has 18 heavy (non-hydrogen) atoms. The van der Waals surface area contributed by atoms with E-state index >= 15 is 0 Å². The fourth-order valence-electron chi connectivity index (χ4n) is 2.49. The maximum absolute atomic E-state index is 11.1. The van der Waals surface area contributed by atoms with Crippen LogP contribution >= 0.6 is 0 Å². The number of nitro groups is 1. The van der Waals surface area contributed by atoms with Gasteiger partial charge in [-0.2, -0.15) is 0 Å². The molecule has 1 aromatic carbocycles. The van der Waals surface area contributed by atoms with Gasteiger partial charge in [-0.25, -0.2) is 0 Å². The van der Waals surface area contributed by atoms with Gasteiger partial charge in [0.1, 0.15) is 5.69 Å². The number of ether oxygens (including phenoxy) is 2. The quantitative estimate of drug-likeness (QED) is 0.659. The van der Waals surface area contributed by atoms with Gasteiger partial charge in [0.05, 0.1) is 11.0 Å². The Balaban J connectivity index is 1.92. The standard InChI is InChI=1S/C12H14N2O4/c15-14(16)10-6-12-11(17-7-18-12)5-9(10)13-8-3-1-2-4-8/h5-6,8,13H,1-4,7H2. The van der Waals surface area contributed by atoms with Gasteiger partial charge < -0.3 is 14.8 Å². The van der Waals surface area contributed by atoms with Crippen LogP contribution in [0.3, 0.4) is 0 Å². The van der Waals surface area contributed by atoms with Crippen molar-refractivity contribution in [3.05, 3.63) is 22.2 Å². The molecule has 1 saturated carbocycles. The number of anilines is 1. The lowest BCUT2D eigenvalue weighted by molar-refractivity contribution is -0.384. The van der Waals surface area contributed by atoms with Crippen molar-refractivity contribution < 1.29 is 14.4 Å². The molecule has 1 aromatic rings. The van der Waals surface area contributed by atoms with Gasteiger partial charge in [-0.15, -0.1) is 0 Å². The second-order valence-electron chi connectivity index (χ2n) is 4.61. The number of hydrogen-bond donors (Lipinski definition) is 1. The minimum atomic E-state index is -0.390. The molecule has 1 aliphatic carbocycles. The number of hydrogen-bond acceptors (Lipinski definition) is 5. The van der Waals surface area contributed by atoms with Gasteiger partial charge in [0.25, 0.3) is 5.69 Å². The molecule has 3 rings (SSSR count). The Morgan fingerprint density at radius 1 is 1.22 bits per heavy atom. The van der Waals surface area contributed by atoms with E-state index < -0.39 is 0 Å². The molecule has 96 valence electrons. The predicted octanol–water partition coefficient (Wildman–Crippen LogP) is 2.68. The smallest absolute Gasteiger partial charge is 0.296 e. The largest absolute Gasteiger partial charge is 0.454 e. The maximum atomic E-state index is 11.1. The molecule has 0 atom stereocenters. The number of nitrogens with one attached hydrogen (secondary N) is 1. The summed E-state index contributed by atoms with van der Waals surface area (Å²) in [5, 5.41) is 14.3. The molecule has 0 saturated heterocycles. The van der Waals surface area contributed by atoms with Crippen molar-refractivity contribution in [3.8, 4) is 11.5 Å². The third-order valence-corrected chi connectivity index (χ3v) is 3.40. The van der Waals surface area contributed by atoms with Gasteiger partial charge in [-0.1, -0.05) is 12.8 Å². The van der Waals surface area contributed by atoms with Crippen molar-refractivity contribution in [1.82, 2.24) is 0 Å². The lowest BCUT2D eigenvalue weighted by Crippen LogP contribution is -2.15. The van der Waals surface area contributed by atoms with Gasteiger partial charge in [0, 0.05) is 12.1 Å². The summed E-state index contributed by atoms with van der Waals surface area (Å²) in [5.74, 6) is 1.01. The fourth-order valence-corrected chi connectivity index (χ4v) is 2.49. The first kappa shape index (κ1) is 11.1. The van der Waals surface area contributed by atoms with Crippen LogP contribution in [-0.4, -0.2) is 17.8 Å². The average molecular weight is 250 g/mol. The Kier molecular flexibility index (Phi) is 2.70. The van der Waals surface area contributed by atoms with Crippen LogP contribution in [0.25, 0.3) is 0 Å². The molecular formula is C12H14N2O4. The normalized spacial score (nSPS) is 18.0. The minimum Gasteiger partial charge on any atom is -0.454 e. The van der Waals surface area contributed by atoms with Crippen LogP contribution in [0.4, 0.5) is 11.4 Å². The van der Waals surface area contributed by atoms with Crippen LogP contribution in [0.1, 0.15) is 25.7 Å². The minimum absolute atomic E-state index is 0.0474. The molecule has 1 fully saturated rings. The van der Waals surface area contributed by atoms with Crippen molar-refractivity contribution in [3.63, 3.8) is 0 Å². The van der Waals surface area contributed by atoms with Crippen LogP contribution < -0.4 is 14.8 Å². The Labute approximate surface area is 104 Å². The Bertz CT molecular complexity index is 483. The van der Waals surface area contributed by atoms with Crippen LogP contribution in [0.2, 0.25) is 0 Å². The molecule has 0 aromatic heterocycles. The van der Waals surface area contributed by atoms with Crippen molar-refractivity contribution >= 4 is 11.4 Å². The van der Waals surface area contributed by atoms with E-state index in [1.165, 1.54) is 18.9 Å². The van der Waals surface area contributed by atoms with Crippen LogP contribution in [0.15, 0.2) is 12.1 Å². The van der Waals surface area contributed by atoms with Gasteiger partial charge in [0.2, 0.25) is 6.79 Å². The highest BCUT2D eigenvalue weighted by atomic mass is 16.7. The number of fused-ring (bicyclic) bond motifs is 1. The van der Waals surface area contributed by atoms with E-state index in [2.05, 4.69) is 5.32 Å². The molecule has 0 unspecified atom stereocenters. The first-order valence-corrected chi connectivity index (χ1v) is 6.08. The third-order valence-electron chi connectivity index (χ3n) is 3.40. The monoisotopic (exact) mass is 250 g/mol. The average Bonchev–Trinajstić information content (AvgIpc) is 2.97. The molecule has 1 heterocycles. The summed E-state index contributed by atoms with van der Waals surface area (Å²) < 4.78 is 10.4. The highest BCUT2D eigenvalue weighted by Gasteiger charge is 2.25. The number of rotatable bonds is 3. The van der Waals surface area contributed by atoms with E-state index in [-0.39, 0.29) is 17.4 Å². The third kappa shape index (κ3) is 1.94. The Hall–Kier alpha value is -1.98. The highest BCUT2D eigenvalue weighted by molar-refractivity contribution is 5.69. The molecule has 1 aliphatic heterocycles. The lowest BCUT2D eigenvalue weighted by atomic mass is 10.2. The number of nitro benzene ring substituents is 1. The van der Waals surface area contributed by atoms with E-state index in [9.17, 15) is 10.1 Å². The molecular weight excluding hydrogens is 236 g/mol. The lowest BCUT2D eigenvalue weighted by Gasteiger charge is -2.13. The fraction of sp³-hybridized carbons (Fsp3) is 0.500. The van der Waals surface area contributed by atoms with Gasteiger partial charge in [-0.3, -0.25) is 10.1 Å². The van der Waals surface area contributed by atoms with Crippen molar-refractivity contribution in [1.29, 1.82) is 0 Å². The number of benzene rings is 1. The Morgan fingerprint density at radius 2 is 1.89 bits per heavy atom. The van der Waals surface area contributed by atoms with Gasteiger partial charge >= 0.3 is 0 Å². The summed E-state index contributed by atoms with van der Waals surface area (Å²) >= 11 is 0. The summed E-state index contributed by atoms with van der Waals surface area (Å²) in [6, 6.07) is 3.42. The molecule has 6 nitrogen and oxygen atoms in total. The van der Waals surface area contributed by atoms with E-state index in [0.717, 1.165) is 12.8 Å². The summed E-state index contributed by atoms with van der Waals surface area (Å²) in [5.41, 5.74) is 0.572. The van der Waals surface area contributed by atoms with E-state index in [4.69, 9.17) is 9.47 Å². The summed E-state index contributed by atoms with van der Waals surface area (Å²) in [6.45, 7) is 0.124. The predicted molar refractivity (Wildman–Crippen MR) is 65.1 cm³/mol. The highest BCUT2D eigenvalue weighted by Crippen LogP contribution is 2.41. The zero-order valence-electron chi connectivity index (χ0n) is 9.85. The van der Waals surface area contributed by atoms with Crippen molar-refractivity contribution in [2.45, 2.75) is 31.7 Å². The summed E-state index contributed by atoms with van der Waals surface area (Å²) in [6.07, 6.45) is 4.48. The summed E-state index contributed by atoms with van der Waals surface area (Å²) in [7, 11) is 0. The van der Waals surface area contributed by atoms with Crippen LogP contribution in [0.5, 0.6) is 11.5 Å². The van der Waals surface area contributed by atoms with Crippen LogP contribution in [0, 0.1) is 10.1 Å². The topological polar surface area (TPSA) is 73.6 Å². The van der Waals surface area contributed by atoms with E-state index in [0.29, 0.717) is 23.2 Å². The summed E-state index contributed by atoms with van der Waals surface area (Å²) in [4.78, 5) is 10.7. The molecule has 0 amide bonds. The zero-order chi connectivity index (χ0) is 12.5. The van der Waals surface area contributed by atoms with Gasteiger partial charge in [0.15, 0.2) is 11.5 Å². The van der Waals surface area contributed by atoms with E-state index in [1.54, 1.807) is 6.07 Å². The zero-order valence-corrected chi connectivity index (χ0v) is 9.85. The van der Waals surface area contributed by atoms with Crippen molar-refractivity contribution in [2.75, 3.05) is 12.1 Å². The first-order chi connectivity index (χ1) is 8.74. The second kappa shape index (κ2) is 4.36. The molecule has 0 radical (unpaired) electrons. The maximum Gasteiger partial charge on any atom is 0.296 e. The molecule has 2 aliphatic rings. The number of nitrogens with zero attached hydrogens (tertiary/aromatic N) is 1. The molecule has 0 bridgehead atoms. The molecule has 6 heteroatoms. The first-order valence-electron chi connectivity index (χ1n) is 6.08. The van der Waals surface area contributed by atoms with Gasteiger partial charge in [-0.05, 0) is 12.8 Å². The second-order valence-corrected chi connectivity index (χ2v) is 4.61.